The van der Waals surface area contributed by atoms with Crippen molar-refractivity contribution in [3.63, 3.8) is 0 Å². The van der Waals surface area contributed by atoms with E-state index in [4.69, 9.17) is 5.11 Å². The number of rotatable bonds is 6. The van der Waals surface area contributed by atoms with E-state index in [-0.39, 0.29) is 11.2 Å². The Morgan fingerprint density at radius 3 is 2.19 bits per heavy atom. The predicted octanol–water partition coefficient (Wildman–Crippen LogP) is 1.21. The topological polar surface area (TPSA) is 83.5 Å². The van der Waals surface area contributed by atoms with Crippen LogP contribution in [0.5, 0.6) is 0 Å². The van der Waals surface area contributed by atoms with Crippen LogP contribution in [0.15, 0.2) is 0 Å². The van der Waals surface area contributed by atoms with Crippen molar-refractivity contribution in [1.82, 2.24) is 4.72 Å². The van der Waals surface area contributed by atoms with Crippen LogP contribution in [0, 0.1) is 5.41 Å². The second kappa shape index (κ2) is 5.63. The summed E-state index contributed by atoms with van der Waals surface area (Å²) < 4.78 is 25.5. The molecule has 0 saturated heterocycles. The third-order valence-electron chi connectivity index (χ3n) is 1.82. The Balaban J connectivity index is 4.61. The molecule has 0 radical (unpaired) electrons. The maximum atomic E-state index is 11.7. The van der Waals surface area contributed by atoms with Gasteiger partial charge in [-0.1, -0.05) is 34.1 Å². The molecule has 0 aliphatic carbocycles. The highest BCUT2D eigenvalue weighted by Crippen LogP contribution is 2.16. The molecule has 0 aliphatic rings. The van der Waals surface area contributed by atoms with Crippen molar-refractivity contribution >= 4 is 16.0 Å². The van der Waals surface area contributed by atoms with E-state index in [1.807, 2.05) is 6.92 Å². The summed E-state index contributed by atoms with van der Waals surface area (Å²) in [5.74, 6) is -1.20. The van der Waals surface area contributed by atoms with E-state index in [1.165, 1.54) is 0 Å². The molecule has 1 atom stereocenters. The monoisotopic (exact) mass is 251 g/mol. The van der Waals surface area contributed by atoms with Crippen molar-refractivity contribution in [3.8, 4) is 0 Å². The van der Waals surface area contributed by atoms with Gasteiger partial charge < -0.3 is 5.11 Å². The third-order valence-corrected chi connectivity index (χ3v) is 3.71. The number of hydrogen-bond donors (Lipinski definition) is 2. The molecule has 2 N–H and O–H groups in total. The van der Waals surface area contributed by atoms with Crippen LogP contribution in [-0.2, 0) is 14.8 Å². The van der Waals surface area contributed by atoms with Crippen LogP contribution >= 0.6 is 0 Å². The highest BCUT2D eigenvalue weighted by molar-refractivity contribution is 7.89. The van der Waals surface area contributed by atoms with Gasteiger partial charge >= 0.3 is 5.97 Å². The molecule has 5 nitrogen and oxygen atoms in total. The van der Waals surface area contributed by atoms with Crippen molar-refractivity contribution in [2.24, 2.45) is 5.41 Å². The van der Waals surface area contributed by atoms with Crippen LogP contribution < -0.4 is 4.72 Å². The van der Waals surface area contributed by atoms with Gasteiger partial charge in [-0.15, -0.1) is 0 Å². The zero-order valence-corrected chi connectivity index (χ0v) is 11.1. The van der Waals surface area contributed by atoms with Gasteiger partial charge in [0.15, 0.2) is 0 Å². The fourth-order valence-corrected chi connectivity index (χ4v) is 3.23. The Kier molecular flexibility index (Phi) is 5.41. The summed E-state index contributed by atoms with van der Waals surface area (Å²) in [5, 5.41) is 8.84. The fourth-order valence-electron chi connectivity index (χ4n) is 1.35. The van der Waals surface area contributed by atoms with Gasteiger partial charge in [0.25, 0.3) is 0 Å². The normalized spacial score (nSPS) is 14.8. The largest absolute Gasteiger partial charge is 0.480 e. The van der Waals surface area contributed by atoms with Gasteiger partial charge in [-0.2, -0.15) is 0 Å². The van der Waals surface area contributed by atoms with Crippen LogP contribution in [0.3, 0.4) is 0 Å². The van der Waals surface area contributed by atoms with E-state index >= 15 is 0 Å². The van der Waals surface area contributed by atoms with E-state index in [9.17, 15) is 13.2 Å². The maximum Gasteiger partial charge on any atom is 0.321 e. The highest BCUT2D eigenvalue weighted by Gasteiger charge is 2.27. The standard InChI is InChI=1S/C10H21NO4S/c1-5-6-8(9(12)13)11-16(14,15)7-10(2,3)4/h8,11H,5-7H2,1-4H3,(H,12,13)/t8-/m0/s1. The van der Waals surface area contributed by atoms with Crippen LogP contribution in [0.25, 0.3) is 0 Å². The minimum Gasteiger partial charge on any atom is -0.480 e. The molecule has 16 heavy (non-hydrogen) atoms. The van der Waals surface area contributed by atoms with Gasteiger partial charge in [-0.05, 0) is 11.8 Å². The summed E-state index contributed by atoms with van der Waals surface area (Å²) >= 11 is 0. The molecule has 0 bridgehead atoms. The Morgan fingerprint density at radius 1 is 1.38 bits per heavy atom. The van der Waals surface area contributed by atoms with Gasteiger partial charge in [0, 0.05) is 0 Å². The first-order valence-electron chi connectivity index (χ1n) is 5.30. The average molecular weight is 251 g/mol. The van der Waals surface area contributed by atoms with E-state index in [0.29, 0.717) is 12.8 Å². The van der Waals surface area contributed by atoms with Gasteiger partial charge in [0.05, 0.1) is 5.75 Å². The second-order valence-corrected chi connectivity index (χ2v) is 6.87. The summed E-state index contributed by atoms with van der Waals surface area (Å²) in [7, 11) is -3.54. The van der Waals surface area contributed by atoms with E-state index < -0.39 is 22.0 Å². The van der Waals surface area contributed by atoms with Gasteiger partial charge in [-0.3, -0.25) is 4.79 Å². The Morgan fingerprint density at radius 2 is 1.88 bits per heavy atom. The molecule has 0 aromatic rings. The zero-order chi connectivity index (χ0) is 13.0. The Labute approximate surface area is 97.3 Å². The second-order valence-electron chi connectivity index (χ2n) is 5.12. The van der Waals surface area contributed by atoms with E-state index in [0.717, 1.165) is 0 Å². The number of sulfonamides is 1. The van der Waals surface area contributed by atoms with Crippen molar-refractivity contribution in [1.29, 1.82) is 0 Å². The molecule has 0 aliphatic heterocycles. The van der Waals surface area contributed by atoms with Crippen LogP contribution in [0.2, 0.25) is 0 Å². The zero-order valence-electron chi connectivity index (χ0n) is 10.3. The molecule has 0 heterocycles. The smallest absolute Gasteiger partial charge is 0.321 e. The van der Waals surface area contributed by atoms with E-state index in [1.54, 1.807) is 20.8 Å². The maximum absolute atomic E-state index is 11.7. The molecular weight excluding hydrogens is 230 g/mol. The number of carboxylic acids is 1. The quantitative estimate of drug-likeness (QED) is 0.743. The summed E-state index contributed by atoms with van der Waals surface area (Å²) in [6.45, 7) is 7.19. The van der Waals surface area contributed by atoms with Crippen molar-refractivity contribution in [2.45, 2.75) is 46.6 Å². The molecule has 0 amide bonds. The average Bonchev–Trinajstić information content (AvgIpc) is 1.97. The molecule has 0 unspecified atom stereocenters. The number of nitrogens with one attached hydrogen (secondary N) is 1. The summed E-state index contributed by atoms with van der Waals surface area (Å²) in [6, 6.07) is -1.02. The lowest BCUT2D eigenvalue weighted by Crippen LogP contribution is -2.43. The third kappa shape index (κ3) is 6.79. The lowest BCUT2D eigenvalue weighted by Gasteiger charge is -2.20. The first kappa shape index (κ1) is 15.4. The molecule has 96 valence electrons. The molecule has 0 saturated carbocycles. The van der Waals surface area contributed by atoms with Crippen molar-refractivity contribution in [3.05, 3.63) is 0 Å². The van der Waals surface area contributed by atoms with Gasteiger partial charge in [0.2, 0.25) is 10.0 Å². The minimum atomic E-state index is -3.54. The van der Waals surface area contributed by atoms with Gasteiger partial charge in [-0.25, -0.2) is 13.1 Å². The van der Waals surface area contributed by atoms with Crippen LogP contribution in [-0.4, -0.2) is 31.3 Å². The molecule has 0 aromatic heterocycles. The lowest BCUT2D eigenvalue weighted by molar-refractivity contribution is -0.139. The SMILES string of the molecule is CCC[C@H](NS(=O)(=O)CC(C)(C)C)C(=O)O. The number of hydrogen-bond acceptors (Lipinski definition) is 3. The number of aliphatic carboxylic acids is 1. The predicted molar refractivity (Wildman–Crippen MR) is 62.7 cm³/mol. The van der Waals surface area contributed by atoms with Crippen LogP contribution in [0.4, 0.5) is 0 Å². The number of carboxylic acid groups (broad SMARTS) is 1. The van der Waals surface area contributed by atoms with Crippen molar-refractivity contribution < 1.29 is 18.3 Å². The summed E-state index contributed by atoms with van der Waals surface area (Å²) in [6.07, 6.45) is 0.924. The Bertz CT molecular complexity index is 329. The minimum absolute atomic E-state index is 0.0759. The highest BCUT2D eigenvalue weighted by atomic mass is 32.2. The molecule has 0 aromatic carbocycles. The molecule has 0 fully saturated rings. The number of carbonyl (C=O) groups is 1. The van der Waals surface area contributed by atoms with Crippen molar-refractivity contribution in [2.75, 3.05) is 5.75 Å². The molecule has 0 rings (SSSR count). The van der Waals surface area contributed by atoms with Crippen LogP contribution in [0.1, 0.15) is 40.5 Å². The molecule has 6 heteroatoms. The fraction of sp³-hybridized carbons (Fsp3) is 0.900. The summed E-state index contributed by atoms with van der Waals surface area (Å²) in [4.78, 5) is 10.8. The van der Waals surface area contributed by atoms with E-state index in [2.05, 4.69) is 4.72 Å². The summed E-state index contributed by atoms with van der Waals surface area (Å²) in [5.41, 5.74) is -0.388. The first-order valence-corrected chi connectivity index (χ1v) is 6.95. The Hall–Kier alpha value is -0.620. The first-order chi connectivity index (χ1) is 7.07. The van der Waals surface area contributed by atoms with Gasteiger partial charge in [0.1, 0.15) is 6.04 Å². The molecule has 0 spiro atoms. The molecular formula is C10H21NO4S. The lowest BCUT2D eigenvalue weighted by atomic mass is 10.0.